The number of unbranched alkanes of at least 4 members (excludes halogenated alkanes) is 9. The normalized spacial score (nSPS) is 13.6. The van der Waals surface area contributed by atoms with Gasteiger partial charge in [0.15, 0.2) is 6.10 Å². The summed E-state index contributed by atoms with van der Waals surface area (Å²) in [5.41, 5.74) is 0. The number of carbonyl (C=O) groups is 3. The highest BCUT2D eigenvalue weighted by atomic mass is 16.6. The molecule has 0 rings (SSSR count). The van der Waals surface area contributed by atoms with Gasteiger partial charge in [0.05, 0.1) is 0 Å². The first-order valence-electron chi connectivity index (χ1n) is 31.6. The van der Waals surface area contributed by atoms with E-state index in [9.17, 15) is 14.4 Å². The fourth-order valence-electron chi connectivity index (χ4n) is 7.67. The van der Waals surface area contributed by atoms with Crippen LogP contribution in [0.25, 0.3) is 0 Å². The summed E-state index contributed by atoms with van der Waals surface area (Å²) < 4.78 is 16.8. The van der Waals surface area contributed by atoms with Crippen molar-refractivity contribution >= 4 is 17.9 Å². The Bertz CT molecular complexity index is 2000. The third-order valence-corrected chi connectivity index (χ3v) is 12.3. The number of carbonyl (C=O) groups excluding carboxylic acids is 3. The van der Waals surface area contributed by atoms with E-state index in [0.29, 0.717) is 12.8 Å². The molecule has 0 amide bonds. The molecule has 0 bridgehead atoms. The minimum absolute atomic E-state index is 0.134. The number of hydrogen-bond acceptors (Lipinski definition) is 6. The van der Waals surface area contributed by atoms with Crippen molar-refractivity contribution in [2.75, 3.05) is 13.2 Å². The summed E-state index contributed by atoms with van der Waals surface area (Å²) >= 11 is 0. The van der Waals surface area contributed by atoms with Gasteiger partial charge in [-0.05, 0) is 154 Å². The Morgan fingerprint density at radius 2 is 0.469 bits per heavy atom. The molecule has 0 radical (unpaired) electrons. The lowest BCUT2D eigenvalue weighted by molar-refractivity contribution is -0.166. The quantitative estimate of drug-likeness (QED) is 0.0261. The summed E-state index contributed by atoms with van der Waals surface area (Å²) in [5.74, 6) is -1.07. The van der Waals surface area contributed by atoms with Crippen molar-refractivity contribution in [3.05, 3.63) is 207 Å². The van der Waals surface area contributed by atoms with Crippen LogP contribution >= 0.6 is 0 Å². The van der Waals surface area contributed by atoms with Crippen molar-refractivity contribution in [1.82, 2.24) is 0 Å². The van der Waals surface area contributed by atoms with Crippen molar-refractivity contribution in [3.63, 3.8) is 0 Å². The number of rotatable bonds is 54. The highest BCUT2D eigenvalue weighted by Gasteiger charge is 2.19. The lowest BCUT2D eigenvalue weighted by atomic mass is 10.1. The van der Waals surface area contributed by atoms with Gasteiger partial charge in [0, 0.05) is 19.3 Å². The van der Waals surface area contributed by atoms with Crippen molar-refractivity contribution < 1.29 is 28.6 Å². The summed E-state index contributed by atoms with van der Waals surface area (Å²) in [6.07, 6.45) is 103. The van der Waals surface area contributed by atoms with E-state index in [-0.39, 0.29) is 44.0 Å². The van der Waals surface area contributed by atoms with Crippen LogP contribution in [0.2, 0.25) is 0 Å². The standard InChI is InChI=1S/C75H112O6/c1-4-7-10-13-16-19-22-25-27-29-31-33-34-35-36-37-38-39-40-42-43-45-47-50-53-56-59-62-65-68-74(77)80-71-72(70-79-73(76)67-64-61-58-55-52-49-24-21-18-15-12-9-6-3)81-75(78)69-66-63-60-57-54-51-48-46-44-41-32-30-28-26-23-20-17-14-11-8-5-2/h7-12,16-21,25-28,31-33,35-36,38-39,41-43,46-50,52,58,61,72H,4-6,13-15,22-24,29-30,34,37,40,44-45,51,53-57,59-60,62-71H2,1-3H3/b10-7-,11-8-,12-9-,19-16-,20-17-,21-18-,27-25-,28-26-,33-31-,36-35-,39-38-,41-32-,43-42-,48-46-,50-47-,52-49-,61-58-. The van der Waals surface area contributed by atoms with Gasteiger partial charge in [-0.25, -0.2) is 0 Å². The van der Waals surface area contributed by atoms with Gasteiger partial charge in [-0.15, -0.1) is 0 Å². The highest BCUT2D eigenvalue weighted by molar-refractivity contribution is 5.71. The molecule has 0 saturated heterocycles. The Morgan fingerprint density at radius 1 is 0.247 bits per heavy atom. The van der Waals surface area contributed by atoms with E-state index < -0.39 is 6.10 Å². The second-order valence-corrected chi connectivity index (χ2v) is 19.8. The Morgan fingerprint density at radius 3 is 0.765 bits per heavy atom. The summed E-state index contributed by atoms with van der Waals surface area (Å²) in [5, 5.41) is 0. The summed E-state index contributed by atoms with van der Waals surface area (Å²) in [6, 6.07) is 0. The molecule has 0 heterocycles. The van der Waals surface area contributed by atoms with E-state index in [1.807, 2.05) is 12.2 Å². The van der Waals surface area contributed by atoms with Crippen molar-refractivity contribution in [1.29, 1.82) is 0 Å². The summed E-state index contributed by atoms with van der Waals surface area (Å²) in [6.45, 7) is 6.17. The molecule has 448 valence electrons. The second kappa shape index (κ2) is 66.5. The van der Waals surface area contributed by atoms with Crippen LogP contribution in [0.5, 0.6) is 0 Å². The predicted octanol–water partition coefficient (Wildman–Crippen LogP) is 22.0. The van der Waals surface area contributed by atoms with Crippen molar-refractivity contribution in [2.45, 2.75) is 232 Å². The zero-order chi connectivity index (χ0) is 58.5. The van der Waals surface area contributed by atoms with Gasteiger partial charge in [-0.2, -0.15) is 0 Å². The largest absolute Gasteiger partial charge is 0.462 e. The smallest absolute Gasteiger partial charge is 0.306 e. The van der Waals surface area contributed by atoms with Crippen LogP contribution in [0.4, 0.5) is 0 Å². The van der Waals surface area contributed by atoms with Gasteiger partial charge in [0.2, 0.25) is 0 Å². The number of hydrogen-bond donors (Lipinski definition) is 0. The van der Waals surface area contributed by atoms with Crippen LogP contribution < -0.4 is 0 Å². The molecule has 0 N–H and O–H groups in total. The Labute approximate surface area is 496 Å². The minimum atomic E-state index is -0.843. The zero-order valence-corrected chi connectivity index (χ0v) is 51.2. The molecule has 6 nitrogen and oxygen atoms in total. The van der Waals surface area contributed by atoms with Gasteiger partial charge < -0.3 is 14.2 Å². The first kappa shape index (κ1) is 75.0. The zero-order valence-electron chi connectivity index (χ0n) is 51.2. The molecule has 0 aliphatic rings. The van der Waals surface area contributed by atoms with E-state index in [0.717, 1.165) is 180 Å². The molecule has 0 aromatic carbocycles. The molecule has 1 atom stereocenters. The molecular formula is C75H112O6. The van der Waals surface area contributed by atoms with Gasteiger partial charge in [-0.1, -0.05) is 259 Å². The maximum absolute atomic E-state index is 12.9. The molecule has 0 fully saturated rings. The first-order chi connectivity index (χ1) is 40.0. The van der Waals surface area contributed by atoms with Crippen LogP contribution in [-0.2, 0) is 28.6 Å². The van der Waals surface area contributed by atoms with E-state index in [4.69, 9.17) is 14.2 Å². The first-order valence-corrected chi connectivity index (χ1v) is 31.6. The fourth-order valence-corrected chi connectivity index (χ4v) is 7.67. The lowest BCUT2D eigenvalue weighted by Gasteiger charge is -2.18. The second-order valence-electron chi connectivity index (χ2n) is 19.8. The average Bonchev–Trinajstić information content (AvgIpc) is 3.46. The maximum Gasteiger partial charge on any atom is 0.306 e. The average molecular weight is 1110 g/mol. The number of esters is 3. The number of allylic oxidation sites excluding steroid dienone is 34. The van der Waals surface area contributed by atoms with Gasteiger partial charge in [-0.3, -0.25) is 14.4 Å². The van der Waals surface area contributed by atoms with E-state index in [2.05, 4.69) is 215 Å². The van der Waals surface area contributed by atoms with Crippen molar-refractivity contribution in [2.24, 2.45) is 0 Å². The van der Waals surface area contributed by atoms with Gasteiger partial charge >= 0.3 is 17.9 Å². The summed E-state index contributed by atoms with van der Waals surface area (Å²) in [4.78, 5) is 38.2. The Hall–Kier alpha value is -6.01. The van der Waals surface area contributed by atoms with Crippen LogP contribution in [0, 0.1) is 0 Å². The third kappa shape index (κ3) is 64.7. The molecular weight excluding hydrogens is 997 g/mol. The Kier molecular flexibility index (Phi) is 61.6. The van der Waals surface area contributed by atoms with E-state index in [1.54, 1.807) is 0 Å². The minimum Gasteiger partial charge on any atom is -0.462 e. The maximum atomic E-state index is 12.9. The molecule has 0 aromatic rings. The fraction of sp³-hybridized carbons (Fsp3) is 0.507. The van der Waals surface area contributed by atoms with Gasteiger partial charge in [0.1, 0.15) is 13.2 Å². The number of ether oxygens (including phenoxy) is 3. The highest BCUT2D eigenvalue weighted by Crippen LogP contribution is 2.12. The topological polar surface area (TPSA) is 78.9 Å². The molecule has 81 heavy (non-hydrogen) atoms. The summed E-state index contributed by atoms with van der Waals surface area (Å²) in [7, 11) is 0. The molecule has 6 heteroatoms. The molecule has 0 spiro atoms. The molecule has 0 aliphatic carbocycles. The van der Waals surface area contributed by atoms with Crippen LogP contribution in [0.3, 0.4) is 0 Å². The van der Waals surface area contributed by atoms with Crippen LogP contribution in [0.15, 0.2) is 207 Å². The third-order valence-electron chi connectivity index (χ3n) is 12.3. The Balaban J connectivity index is 4.51. The SMILES string of the molecule is CC/C=C\C/C=C\C/C=C\C/C=C\C/C=C\C/C=C\C/C=C\C/C=C\CCCCCCC(=O)OCC(COC(=O)CC/C=C\C/C=C\C/C=C\C/C=C\CC)OC(=O)CCCCCCC/C=C\C/C=C\C/C=C\C/C=C\C/C=C\CC. The van der Waals surface area contributed by atoms with E-state index in [1.165, 1.54) is 0 Å². The lowest BCUT2D eigenvalue weighted by Crippen LogP contribution is -2.30. The molecule has 1 unspecified atom stereocenters. The predicted molar refractivity (Wildman–Crippen MR) is 352 cm³/mol. The molecule has 0 saturated carbocycles. The monoisotopic (exact) mass is 1110 g/mol. The van der Waals surface area contributed by atoms with Crippen LogP contribution in [0.1, 0.15) is 226 Å². The van der Waals surface area contributed by atoms with Crippen molar-refractivity contribution in [3.8, 4) is 0 Å². The van der Waals surface area contributed by atoms with Gasteiger partial charge in [0.25, 0.3) is 0 Å². The molecule has 0 aromatic heterocycles. The van der Waals surface area contributed by atoms with E-state index >= 15 is 0 Å². The molecule has 0 aliphatic heterocycles. The van der Waals surface area contributed by atoms with Crippen LogP contribution in [-0.4, -0.2) is 37.2 Å².